The zero-order chi connectivity index (χ0) is 18.1. The Bertz CT molecular complexity index is 765. The van der Waals surface area contributed by atoms with E-state index in [1.807, 2.05) is 24.0 Å². The Labute approximate surface area is 168 Å². The molecule has 1 saturated heterocycles. The molecule has 1 aliphatic rings. The second-order valence-corrected chi connectivity index (χ2v) is 9.62. The molecule has 3 rings (SSSR count). The smallest absolute Gasteiger partial charge is 0.264 e. The van der Waals surface area contributed by atoms with Crippen LogP contribution in [0.5, 0.6) is 0 Å². The molecule has 134 valence electrons. The summed E-state index contributed by atoms with van der Waals surface area (Å²) in [6.07, 6.45) is 0. The number of aryl methyl sites for hydroxylation is 1. The third kappa shape index (κ3) is 4.23. The van der Waals surface area contributed by atoms with Gasteiger partial charge in [-0.2, -0.15) is 0 Å². The number of amides is 1. The van der Waals surface area contributed by atoms with Crippen molar-refractivity contribution in [3.63, 3.8) is 0 Å². The Kier molecular flexibility index (Phi) is 5.80. The Balaban J connectivity index is 1.68. The van der Waals surface area contributed by atoms with Gasteiger partial charge in [0.2, 0.25) is 0 Å². The number of thiophene rings is 1. The van der Waals surface area contributed by atoms with Gasteiger partial charge in [0, 0.05) is 48.3 Å². The van der Waals surface area contributed by atoms with Crippen LogP contribution in [0.3, 0.4) is 0 Å². The average Bonchev–Trinajstić information content (AvgIpc) is 2.93. The predicted molar refractivity (Wildman–Crippen MR) is 109 cm³/mol. The second-order valence-electron chi connectivity index (χ2n) is 6.39. The normalized spacial score (nSPS) is 15.1. The highest BCUT2D eigenvalue weighted by Gasteiger charge is 2.25. The maximum absolute atomic E-state index is 12.7. The zero-order valence-electron chi connectivity index (χ0n) is 14.4. The minimum Gasteiger partial charge on any atom is -0.353 e. The van der Waals surface area contributed by atoms with Crippen LogP contribution in [0, 0.1) is 6.92 Å². The van der Waals surface area contributed by atoms with Crippen LogP contribution in [0.15, 0.2) is 20.4 Å². The van der Waals surface area contributed by atoms with E-state index >= 15 is 0 Å². The fourth-order valence-corrected chi connectivity index (χ4v) is 4.74. The molecule has 3 heterocycles. The summed E-state index contributed by atoms with van der Waals surface area (Å²) in [7, 11) is 0. The molecule has 5 nitrogen and oxygen atoms in total. The number of aromatic nitrogens is 2. The lowest BCUT2D eigenvalue weighted by Gasteiger charge is -2.35. The molecule has 0 saturated carbocycles. The molecule has 0 N–H and O–H groups in total. The highest BCUT2D eigenvalue weighted by molar-refractivity contribution is 9.13. The lowest BCUT2D eigenvalue weighted by molar-refractivity contribution is 0.0751. The van der Waals surface area contributed by atoms with Crippen LogP contribution in [-0.4, -0.2) is 47.0 Å². The number of carbonyl (C=O) groups is 1. The first kappa shape index (κ1) is 18.8. The summed E-state index contributed by atoms with van der Waals surface area (Å²) >= 11 is 8.36. The largest absolute Gasteiger partial charge is 0.353 e. The molecule has 0 unspecified atom stereocenters. The molecule has 0 spiro atoms. The lowest BCUT2D eigenvalue weighted by atomic mass is 10.2. The summed E-state index contributed by atoms with van der Waals surface area (Å²) in [6, 6.07) is 3.91. The van der Waals surface area contributed by atoms with E-state index in [0.717, 1.165) is 43.6 Å². The van der Waals surface area contributed by atoms with E-state index in [9.17, 15) is 4.79 Å². The number of piperazine rings is 1. The SMILES string of the molecule is Cc1cc(N2CCN(C(=O)c3cc(Br)c(Br)s3)CC2)nc(C(C)C)n1. The van der Waals surface area contributed by atoms with Gasteiger partial charge in [-0.25, -0.2) is 9.97 Å². The van der Waals surface area contributed by atoms with Crippen LogP contribution in [0.2, 0.25) is 0 Å². The highest BCUT2D eigenvalue weighted by atomic mass is 79.9. The number of anilines is 1. The average molecular weight is 488 g/mol. The monoisotopic (exact) mass is 486 g/mol. The molecular weight excluding hydrogens is 468 g/mol. The zero-order valence-corrected chi connectivity index (χ0v) is 18.4. The van der Waals surface area contributed by atoms with E-state index in [0.29, 0.717) is 19.0 Å². The molecule has 0 aliphatic carbocycles. The summed E-state index contributed by atoms with van der Waals surface area (Å²) < 4.78 is 1.88. The van der Waals surface area contributed by atoms with Crippen molar-refractivity contribution in [2.45, 2.75) is 26.7 Å². The van der Waals surface area contributed by atoms with Gasteiger partial charge < -0.3 is 9.80 Å². The maximum atomic E-state index is 12.7. The molecule has 1 amide bonds. The number of carbonyl (C=O) groups excluding carboxylic acids is 1. The Morgan fingerprint density at radius 2 is 1.84 bits per heavy atom. The minimum atomic E-state index is 0.0952. The molecule has 0 aromatic carbocycles. The van der Waals surface area contributed by atoms with Crippen molar-refractivity contribution < 1.29 is 4.79 Å². The molecule has 8 heteroatoms. The van der Waals surface area contributed by atoms with E-state index in [2.05, 4.69) is 55.6 Å². The van der Waals surface area contributed by atoms with Crippen LogP contribution in [0.4, 0.5) is 5.82 Å². The van der Waals surface area contributed by atoms with Gasteiger partial charge in [0.1, 0.15) is 11.6 Å². The van der Waals surface area contributed by atoms with Gasteiger partial charge in [0.05, 0.1) is 8.66 Å². The van der Waals surface area contributed by atoms with Gasteiger partial charge in [0.25, 0.3) is 5.91 Å². The van der Waals surface area contributed by atoms with Gasteiger partial charge in [-0.15, -0.1) is 11.3 Å². The minimum absolute atomic E-state index is 0.0952. The highest BCUT2D eigenvalue weighted by Crippen LogP contribution is 2.33. The predicted octanol–water partition coefficient (Wildman–Crippen LogP) is 4.46. The number of halogens is 2. The van der Waals surface area contributed by atoms with E-state index in [4.69, 9.17) is 4.98 Å². The van der Waals surface area contributed by atoms with Crippen molar-refractivity contribution in [1.82, 2.24) is 14.9 Å². The fourth-order valence-electron chi connectivity index (χ4n) is 2.74. The number of nitrogens with zero attached hydrogens (tertiary/aromatic N) is 4. The van der Waals surface area contributed by atoms with Gasteiger partial charge >= 0.3 is 0 Å². The molecule has 1 aliphatic heterocycles. The van der Waals surface area contributed by atoms with E-state index < -0.39 is 0 Å². The van der Waals surface area contributed by atoms with E-state index in [1.165, 1.54) is 11.3 Å². The first-order valence-corrected chi connectivity index (χ1v) is 10.6. The summed E-state index contributed by atoms with van der Waals surface area (Å²) in [5.74, 6) is 2.24. The van der Waals surface area contributed by atoms with Crippen LogP contribution in [0.25, 0.3) is 0 Å². The van der Waals surface area contributed by atoms with Crippen molar-refractivity contribution in [1.29, 1.82) is 0 Å². The van der Waals surface area contributed by atoms with Gasteiger partial charge in [0.15, 0.2) is 0 Å². The summed E-state index contributed by atoms with van der Waals surface area (Å²) in [5.41, 5.74) is 0.987. The number of hydrogen-bond acceptors (Lipinski definition) is 5. The summed E-state index contributed by atoms with van der Waals surface area (Å²) in [4.78, 5) is 26.8. The third-order valence-corrected chi connectivity index (χ3v) is 7.37. The molecule has 25 heavy (non-hydrogen) atoms. The van der Waals surface area contributed by atoms with Gasteiger partial charge in [-0.05, 0) is 44.8 Å². The summed E-state index contributed by atoms with van der Waals surface area (Å²) in [6.45, 7) is 9.18. The number of hydrogen-bond donors (Lipinski definition) is 0. The fraction of sp³-hybridized carbons (Fsp3) is 0.471. The molecular formula is C17H20Br2N4OS. The molecule has 1 fully saturated rings. The van der Waals surface area contributed by atoms with Crippen LogP contribution in [0.1, 0.15) is 41.0 Å². The standard InChI is InChI=1S/C17H20Br2N4OS/c1-10(2)16-20-11(3)8-14(21-16)22-4-6-23(7-5-22)17(24)13-9-12(18)15(19)25-13/h8-10H,4-7H2,1-3H3. The first-order chi connectivity index (χ1) is 11.8. The van der Waals surface area contributed by atoms with Crippen LogP contribution in [-0.2, 0) is 0 Å². The summed E-state index contributed by atoms with van der Waals surface area (Å²) in [5, 5.41) is 0. The van der Waals surface area contributed by atoms with E-state index in [1.54, 1.807) is 0 Å². The molecule has 2 aromatic rings. The Morgan fingerprint density at radius 3 is 2.40 bits per heavy atom. The van der Waals surface area contributed by atoms with Gasteiger partial charge in [-0.3, -0.25) is 4.79 Å². The van der Waals surface area contributed by atoms with Crippen molar-refractivity contribution in [2.75, 3.05) is 31.1 Å². The van der Waals surface area contributed by atoms with Crippen molar-refractivity contribution >= 4 is 54.9 Å². The van der Waals surface area contributed by atoms with Crippen LogP contribution >= 0.6 is 43.2 Å². The number of rotatable bonds is 3. The molecule has 2 aromatic heterocycles. The first-order valence-electron chi connectivity index (χ1n) is 8.19. The van der Waals surface area contributed by atoms with Crippen LogP contribution < -0.4 is 4.90 Å². The Morgan fingerprint density at radius 1 is 1.16 bits per heavy atom. The van der Waals surface area contributed by atoms with Crippen molar-refractivity contribution in [2.24, 2.45) is 0 Å². The Hall–Kier alpha value is -0.990. The lowest BCUT2D eigenvalue weighted by Crippen LogP contribution is -2.49. The molecule has 0 radical (unpaired) electrons. The quantitative estimate of drug-likeness (QED) is 0.641. The molecule has 0 atom stereocenters. The third-order valence-electron chi connectivity index (χ3n) is 4.12. The van der Waals surface area contributed by atoms with Gasteiger partial charge in [-0.1, -0.05) is 13.8 Å². The van der Waals surface area contributed by atoms with Crippen molar-refractivity contribution in [3.8, 4) is 0 Å². The topological polar surface area (TPSA) is 49.3 Å². The molecule has 0 bridgehead atoms. The van der Waals surface area contributed by atoms with E-state index in [-0.39, 0.29) is 5.91 Å². The van der Waals surface area contributed by atoms with Crippen molar-refractivity contribution in [3.05, 3.63) is 36.8 Å². The second kappa shape index (κ2) is 7.72. The maximum Gasteiger partial charge on any atom is 0.264 e.